The lowest BCUT2D eigenvalue weighted by Gasteiger charge is -2.25. The first kappa shape index (κ1) is 32.0. The number of hydrogen-bond acceptors (Lipinski definition) is 7. The Hall–Kier alpha value is -3.97. The summed E-state index contributed by atoms with van der Waals surface area (Å²) in [5.41, 5.74) is 3.69. The predicted octanol–water partition coefficient (Wildman–Crippen LogP) is 3.90. The SMILES string of the molecule is O=C(N[C@H](CC[C@H](Cc1ccccc1)NC(=O)[C@@H]1C[C@H](NC(=O)C(F)(F)F)CN1)Cc1ccccc1)OCc1cncs1. The Labute approximate surface area is 251 Å². The van der Waals surface area contributed by atoms with Crippen LogP contribution in [0.15, 0.2) is 72.4 Å². The van der Waals surface area contributed by atoms with Crippen LogP contribution >= 0.6 is 11.3 Å². The minimum Gasteiger partial charge on any atom is -0.444 e. The van der Waals surface area contributed by atoms with Crippen LogP contribution in [0.5, 0.6) is 0 Å². The van der Waals surface area contributed by atoms with Crippen molar-refractivity contribution in [3.05, 3.63) is 88.4 Å². The molecule has 0 saturated carbocycles. The van der Waals surface area contributed by atoms with Gasteiger partial charge in [-0.15, -0.1) is 11.3 Å². The largest absolute Gasteiger partial charge is 0.471 e. The van der Waals surface area contributed by atoms with Crippen LogP contribution in [0.2, 0.25) is 0 Å². The van der Waals surface area contributed by atoms with Crippen molar-refractivity contribution in [2.75, 3.05) is 6.54 Å². The zero-order valence-corrected chi connectivity index (χ0v) is 24.1. The Bertz CT molecular complexity index is 1310. The van der Waals surface area contributed by atoms with E-state index in [2.05, 4.69) is 20.9 Å². The zero-order valence-electron chi connectivity index (χ0n) is 23.3. The standard InChI is InChI=1S/C30H34F3N5O4S/c31-30(32,33)28(40)37-24-15-26(35-16-24)27(39)36-22(13-20-7-3-1-4-8-20)11-12-23(14-21-9-5-2-6-10-21)38-29(41)42-18-25-17-34-19-43-25/h1-10,17,19,22-24,26,35H,11-16,18H2,(H,36,39)(H,37,40)(H,38,41)/t22-,23-,24+,26+/m1/s1. The summed E-state index contributed by atoms with van der Waals surface area (Å²) in [5.74, 6) is -2.38. The number of halogens is 3. The van der Waals surface area contributed by atoms with Gasteiger partial charge in [0.05, 0.1) is 16.4 Å². The van der Waals surface area contributed by atoms with Gasteiger partial charge in [0, 0.05) is 30.9 Å². The monoisotopic (exact) mass is 617 g/mol. The van der Waals surface area contributed by atoms with Crippen molar-refractivity contribution >= 4 is 29.2 Å². The van der Waals surface area contributed by atoms with Gasteiger partial charge < -0.3 is 26.0 Å². The summed E-state index contributed by atoms with van der Waals surface area (Å²) in [4.78, 5) is 42.0. The van der Waals surface area contributed by atoms with E-state index >= 15 is 0 Å². The van der Waals surface area contributed by atoms with E-state index < -0.39 is 30.3 Å². The second-order valence-electron chi connectivity index (χ2n) is 10.4. The van der Waals surface area contributed by atoms with E-state index in [0.717, 1.165) is 16.0 Å². The topological polar surface area (TPSA) is 121 Å². The number of alkyl halides is 3. The van der Waals surface area contributed by atoms with Crippen LogP contribution < -0.4 is 21.3 Å². The molecule has 2 aromatic carbocycles. The molecule has 230 valence electrons. The molecule has 1 aliphatic rings. The van der Waals surface area contributed by atoms with Crippen molar-refractivity contribution in [1.29, 1.82) is 0 Å². The Balaban J connectivity index is 1.39. The molecular formula is C30H34F3N5O4S. The van der Waals surface area contributed by atoms with Gasteiger partial charge in [-0.2, -0.15) is 13.2 Å². The second kappa shape index (κ2) is 15.5. The van der Waals surface area contributed by atoms with Crippen molar-refractivity contribution in [1.82, 2.24) is 26.3 Å². The van der Waals surface area contributed by atoms with E-state index in [9.17, 15) is 27.6 Å². The van der Waals surface area contributed by atoms with Gasteiger partial charge in [-0.3, -0.25) is 14.6 Å². The molecule has 0 aliphatic carbocycles. The molecule has 1 fully saturated rings. The Morgan fingerprint density at radius 3 is 2.12 bits per heavy atom. The van der Waals surface area contributed by atoms with Crippen molar-refractivity contribution in [2.45, 2.75) is 69.1 Å². The minimum absolute atomic E-state index is 0.0372. The Kier molecular flexibility index (Phi) is 11.5. The van der Waals surface area contributed by atoms with E-state index in [1.165, 1.54) is 11.3 Å². The summed E-state index contributed by atoms with van der Waals surface area (Å²) in [7, 11) is 0. The van der Waals surface area contributed by atoms with Gasteiger partial charge in [0.2, 0.25) is 5.91 Å². The number of carbonyl (C=O) groups is 3. The highest BCUT2D eigenvalue weighted by atomic mass is 32.1. The molecule has 3 aromatic rings. The normalized spacial score (nSPS) is 17.9. The summed E-state index contributed by atoms with van der Waals surface area (Å²) < 4.78 is 43.4. The molecular weight excluding hydrogens is 583 g/mol. The number of nitrogens with one attached hydrogen (secondary N) is 4. The lowest BCUT2D eigenvalue weighted by atomic mass is 9.95. The smallest absolute Gasteiger partial charge is 0.444 e. The molecule has 4 N–H and O–H groups in total. The highest BCUT2D eigenvalue weighted by Gasteiger charge is 2.41. The number of nitrogens with zero attached hydrogens (tertiary/aromatic N) is 1. The second-order valence-corrected chi connectivity index (χ2v) is 11.4. The summed E-state index contributed by atoms with van der Waals surface area (Å²) in [6, 6.07) is 17.1. The molecule has 1 saturated heterocycles. The quantitative estimate of drug-likeness (QED) is 0.231. The first-order valence-electron chi connectivity index (χ1n) is 14.0. The number of ether oxygens (including phenoxy) is 1. The summed E-state index contributed by atoms with van der Waals surface area (Å²) in [6.45, 7) is 0.163. The highest BCUT2D eigenvalue weighted by Crippen LogP contribution is 2.18. The molecule has 0 bridgehead atoms. The third-order valence-corrected chi connectivity index (χ3v) is 7.80. The van der Waals surface area contributed by atoms with E-state index in [0.29, 0.717) is 25.7 Å². The Morgan fingerprint density at radius 1 is 0.953 bits per heavy atom. The van der Waals surface area contributed by atoms with Crippen LogP contribution in [0.25, 0.3) is 0 Å². The molecule has 1 aromatic heterocycles. The van der Waals surface area contributed by atoms with Gasteiger partial charge in [0.1, 0.15) is 6.61 Å². The molecule has 13 heteroatoms. The van der Waals surface area contributed by atoms with E-state index in [4.69, 9.17) is 4.74 Å². The average molecular weight is 618 g/mol. The molecule has 1 aliphatic heterocycles. The van der Waals surface area contributed by atoms with Crippen molar-refractivity contribution in [3.8, 4) is 0 Å². The van der Waals surface area contributed by atoms with Gasteiger partial charge in [-0.1, -0.05) is 60.7 Å². The highest BCUT2D eigenvalue weighted by molar-refractivity contribution is 7.09. The van der Waals surface area contributed by atoms with Crippen LogP contribution in [0.3, 0.4) is 0 Å². The number of alkyl carbamates (subject to hydrolysis) is 1. The average Bonchev–Trinajstić information content (AvgIpc) is 3.68. The molecule has 4 atom stereocenters. The maximum Gasteiger partial charge on any atom is 0.471 e. The minimum atomic E-state index is -4.99. The first-order chi connectivity index (χ1) is 20.7. The van der Waals surface area contributed by atoms with Gasteiger partial charge in [-0.05, 0) is 43.2 Å². The molecule has 3 amide bonds. The van der Waals surface area contributed by atoms with Crippen LogP contribution in [-0.4, -0.2) is 59.8 Å². The fraction of sp³-hybridized carbons (Fsp3) is 0.400. The zero-order chi connectivity index (χ0) is 30.7. The van der Waals surface area contributed by atoms with E-state index in [1.807, 2.05) is 66.0 Å². The van der Waals surface area contributed by atoms with Gasteiger partial charge in [0.25, 0.3) is 0 Å². The summed E-state index contributed by atoms with van der Waals surface area (Å²) in [6.07, 6.45) is -1.77. The first-order valence-corrected chi connectivity index (χ1v) is 14.8. The number of amides is 3. The number of thiazole rings is 1. The molecule has 9 nitrogen and oxygen atoms in total. The molecule has 0 unspecified atom stereocenters. The van der Waals surface area contributed by atoms with Crippen LogP contribution in [0.1, 0.15) is 35.3 Å². The summed E-state index contributed by atoms with van der Waals surface area (Å²) in [5, 5.41) is 10.8. The molecule has 43 heavy (non-hydrogen) atoms. The maximum atomic E-state index is 13.2. The van der Waals surface area contributed by atoms with Gasteiger partial charge >= 0.3 is 18.2 Å². The Morgan fingerprint density at radius 2 is 1.56 bits per heavy atom. The third kappa shape index (κ3) is 10.7. The molecule has 2 heterocycles. The number of benzene rings is 2. The lowest BCUT2D eigenvalue weighted by molar-refractivity contribution is -0.174. The van der Waals surface area contributed by atoms with Crippen LogP contribution in [0, 0.1) is 0 Å². The predicted molar refractivity (Wildman–Crippen MR) is 155 cm³/mol. The number of aromatic nitrogens is 1. The lowest BCUT2D eigenvalue weighted by Crippen LogP contribution is -2.47. The van der Waals surface area contributed by atoms with E-state index in [1.54, 1.807) is 11.7 Å². The maximum absolute atomic E-state index is 13.2. The number of carbonyl (C=O) groups excluding carboxylic acids is 3. The van der Waals surface area contributed by atoms with Gasteiger partial charge in [0.15, 0.2) is 0 Å². The fourth-order valence-corrected chi connectivity index (χ4v) is 5.43. The van der Waals surface area contributed by atoms with Crippen molar-refractivity contribution in [3.63, 3.8) is 0 Å². The molecule has 4 rings (SSSR count). The molecule has 0 radical (unpaired) electrons. The summed E-state index contributed by atoms with van der Waals surface area (Å²) >= 11 is 1.39. The molecule has 0 spiro atoms. The van der Waals surface area contributed by atoms with Crippen molar-refractivity contribution in [2.24, 2.45) is 0 Å². The third-order valence-electron chi connectivity index (χ3n) is 7.05. The van der Waals surface area contributed by atoms with Crippen molar-refractivity contribution < 1.29 is 32.3 Å². The van der Waals surface area contributed by atoms with E-state index in [-0.39, 0.29) is 37.6 Å². The number of hydrogen-bond donors (Lipinski definition) is 4. The van der Waals surface area contributed by atoms with Crippen LogP contribution in [0.4, 0.5) is 18.0 Å². The fourth-order valence-electron chi connectivity index (χ4n) is 4.92. The van der Waals surface area contributed by atoms with Crippen LogP contribution in [-0.2, 0) is 33.8 Å². The van der Waals surface area contributed by atoms with Gasteiger partial charge in [-0.25, -0.2) is 4.79 Å². The number of rotatable bonds is 13.